The molecule has 0 saturated heterocycles. The van der Waals surface area contributed by atoms with Crippen molar-refractivity contribution >= 4 is 42.8 Å². The van der Waals surface area contributed by atoms with E-state index in [-0.39, 0.29) is 0 Å². The molecule has 0 amide bonds. The first kappa shape index (κ1) is 9.37. The number of thiophene rings is 2. The van der Waals surface area contributed by atoms with Gasteiger partial charge in [-0.25, -0.2) is 0 Å². The van der Waals surface area contributed by atoms with E-state index >= 15 is 0 Å². The van der Waals surface area contributed by atoms with Gasteiger partial charge < -0.3 is 0 Å². The van der Waals surface area contributed by atoms with Crippen LogP contribution in [0.5, 0.6) is 0 Å². The Morgan fingerprint density at radius 2 is 1.80 bits per heavy atom. The molecular formula is C13H12S2. The summed E-state index contributed by atoms with van der Waals surface area (Å²) in [6.45, 7) is 4.52. The molecular weight excluding hydrogens is 220 g/mol. The zero-order valence-electron chi connectivity index (χ0n) is 8.78. The summed E-state index contributed by atoms with van der Waals surface area (Å²) in [7, 11) is 0. The molecule has 2 heterocycles. The maximum atomic E-state index is 2.36. The van der Waals surface area contributed by atoms with E-state index < -0.39 is 0 Å². The van der Waals surface area contributed by atoms with Gasteiger partial charge in [0.25, 0.3) is 0 Å². The normalized spacial score (nSPS) is 11.9. The third kappa shape index (κ3) is 1.40. The number of hydrogen-bond acceptors (Lipinski definition) is 2. The van der Waals surface area contributed by atoms with Gasteiger partial charge in [-0.05, 0) is 35.6 Å². The summed E-state index contributed by atoms with van der Waals surface area (Å²) in [5, 5.41) is 5.03. The van der Waals surface area contributed by atoms with Crippen molar-refractivity contribution in [2.45, 2.75) is 19.8 Å². The van der Waals surface area contributed by atoms with E-state index in [9.17, 15) is 0 Å². The zero-order valence-corrected chi connectivity index (χ0v) is 10.4. The van der Waals surface area contributed by atoms with Crippen LogP contribution in [0.2, 0.25) is 0 Å². The van der Waals surface area contributed by atoms with Crippen molar-refractivity contribution in [2.75, 3.05) is 0 Å². The molecule has 0 unspecified atom stereocenters. The van der Waals surface area contributed by atoms with Gasteiger partial charge in [0.2, 0.25) is 0 Å². The molecule has 15 heavy (non-hydrogen) atoms. The van der Waals surface area contributed by atoms with Gasteiger partial charge in [0.05, 0.1) is 0 Å². The lowest BCUT2D eigenvalue weighted by Crippen LogP contribution is -1.77. The van der Waals surface area contributed by atoms with Crippen molar-refractivity contribution in [3.05, 3.63) is 34.5 Å². The van der Waals surface area contributed by atoms with Gasteiger partial charge in [-0.3, -0.25) is 0 Å². The van der Waals surface area contributed by atoms with E-state index in [1.807, 2.05) is 22.7 Å². The fourth-order valence-corrected chi connectivity index (χ4v) is 3.75. The van der Waals surface area contributed by atoms with Gasteiger partial charge in [0.1, 0.15) is 0 Å². The summed E-state index contributed by atoms with van der Waals surface area (Å²) in [6.07, 6.45) is 0. The van der Waals surface area contributed by atoms with Crippen molar-refractivity contribution in [1.82, 2.24) is 0 Å². The molecule has 0 aliphatic heterocycles. The zero-order chi connectivity index (χ0) is 10.4. The maximum Gasteiger partial charge on any atom is 0.0352 e. The molecule has 0 atom stereocenters. The summed E-state index contributed by atoms with van der Waals surface area (Å²) < 4.78 is 2.82. The molecule has 0 radical (unpaired) electrons. The van der Waals surface area contributed by atoms with Crippen molar-refractivity contribution in [1.29, 1.82) is 0 Å². The Bertz CT molecular complexity index is 614. The molecule has 0 spiro atoms. The lowest BCUT2D eigenvalue weighted by Gasteiger charge is -1.96. The average Bonchev–Trinajstić information content (AvgIpc) is 2.82. The molecule has 0 bridgehead atoms. The third-order valence-electron chi connectivity index (χ3n) is 2.72. The Morgan fingerprint density at radius 3 is 2.60 bits per heavy atom. The SMILES string of the molecule is CC(C)c1cc2c(ccc3sccc32)s1. The predicted octanol–water partition coefficient (Wildman–Crippen LogP) is 5.24. The lowest BCUT2D eigenvalue weighted by atomic mass is 10.1. The van der Waals surface area contributed by atoms with Crippen LogP contribution in [-0.4, -0.2) is 0 Å². The van der Waals surface area contributed by atoms with Crippen molar-refractivity contribution in [3.63, 3.8) is 0 Å². The Hall–Kier alpha value is -0.860. The highest BCUT2D eigenvalue weighted by atomic mass is 32.1. The predicted molar refractivity (Wildman–Crippen MR) is 71.3 cm³/mol. The highest BCUT2D eigenvalue weighted by Gasteiger charge is 2.08. The standard InChI is InChI=1S/C13H12S2/c1-8(2)13-7-10-9-5-6-14-11(9)3-4-12(10)15-13/h3-8H,1-2H3. The molecule has 0 N–H and O–H groups in total. The lowest BCUT2D eigenvalue weighted by molar-refractivity contribution is 0.890. The van der Waals surface area contributed by atoms with E-state index in [0.29, 0.717) is 5.92 Å². The van der Waals surface area contributed by atoms with Gasteiger partial charge in [-0.2, -0.15) is 0 Å². The fourth-order valence-electron chi connectivity index (χ4n) is 1.87. The van der Waals surface area contributed by atoms with E-state index in [2.05, 4.69) is 43.5 Å². The molecule has 76 valence electrons. The van der Waals surface area contributed by atoms with Crippen LogP contribution in [0, 0.1) is 0 Å². The van der Waals surface area contributed by atoms with Gasteiger partial charge in [0, 0.05) is 25.0 Å². The minimum Gasteiger partial charge on any atom is -0.144 e. The van der Waals surface area contributed by atoms with Crippen LogP contribution in [0.3, 0.4) is 0 Å². The molecule has 2 heteroatoms. The molecule has 3 aromatic rings. The number of benzene rings is 1. The van der Waals surface area contributed by atoms with Crippen LogP contribution in [0.15, 0.2) is 29.6 Å². The molecule has 0 aliphatic rings. The van der Waals surface area contributed by atoms with Crippen LogP contribution in [0.1, 0.15) is 24.6 Å². The van der Waals surface area contributed by atoms with Crippen molar-refractivity contribution < 1.29 is 0 Å². The summed E-state index contributed by atoms with van der Waals surface area (Å²) in [5.41, 5.74) is 0. The number of fused-ring (bicyclic) bond motifs is 3. The topological polar surface area (TPSA) is 0 Å². The monoisotopic (exact) mass is 232 g/mol. The summed E-state index contributed by atoms with van der Waals surface area (Å²) in [6, 6.07) is 9.09. The third-order valence-corrected chi connectivity index (χ3v) is 5.00. The minimum atomic E-state index is 0.635. The maximum absolute atomic E-state index is 2.36. The van der Waals surface area contributed by atoms with E-state index in [4.69, 9.17) is 0 Å². The molecule has 0 aliphatic carbocycles. The first-order chi connectivity index (χ1) is 7.25. The first-order valence-corrected chi connectivity index (χ1v) is 6.85. The van der Waals surface area contributed by atoms with Crippen molar-refractivity contribution in [2.24, 2.45) is 0 Å². The smallest absolute Gasteiger partial charge is 0.0352 e. The van der Waals surface area contributed by atoms with E-state index in [0.717, 1.165) is 0 Å². The second-order valence-electron chi connectivity index (χ2n) is 4.11. The Labute approximate surface area is 97.2 Å². The van der Waals surface area contributed by atoms with Gasteiger partial charge in [-0.1, -0.05) is 13.8 Å². The number of hydrogen-bond donors (Lipinski definition) is 0. The average molecular weight is 232 g/mol. The van der Waals surface area contributed by atoms with Crippen molar-refractivity contribution in [3.8, 4) is 0 Å². The van der Waals surface area contributed by atoms with E-state index in [1.165, 1.54) is 25.0 Å². The van der Waals surface area contributed by atoms with Gasteiger partial charge in [0.15, 0.2) is 0 Å². The second-order valence-corrected chi connectivity index (χ2v) is 6.18. The van der Waals surface area contributed by atoms with Crippen LogP contribution < -0.4 is 0 Å². The number of rotatable bonds is 1. The Kier molecular flexibility index (Phi) is 2.08. The minimum absolute atomic E-state index is 0.635. The molecule has 0 fully saturated rings. The molecule has 0 saturated carbocycles. The van der Waals surface area contributed by atoms with Crippen LogP contribution in [-0.2, 0) is 0 Å². The summed E-state index contributed by atoms with van der Waals surface area (Å²) in [4.78, 5) is 1.49. The highest BCUT2D eigenvalue weighted by Crippen LogP contribution is 2.36. The molecule has 3 rings (SSSR count). The summed E-state index contributed by atoms with van der Waals surface area (Å²) in [5.74, 6) is 0.635. The molecule has 1 aromatic carbocycles. The van der Waals surface area contributed by atoms with Gasteiger partial charge >= 0.3 is 0 Å². The Balaban J connectivity index is 2.41. The Morgan fingerprint density at radius 1 is 1.00 bits per heavy atom. The van der Waals surface area contributed by atoms with Crippen LogP contribution >= 0.6 is 22.7 Å². The first-order valence-electron chi connectivity index (χ1n) is 5.15. The van der Waals surface area contributed by atoms with Crippen LogP contribution in [0.4, 0.5) is 0 Å². The van der Waals surface area contributed by atoms with E-state index in [1.54, 1.807) is 0 Å². The summed E-state index contributed by atoms with van der Waals surface area (Å²) >= 11 is 3.75. The largest absolute Gasteiger partial charge is 0.144 e. The van der Waals surface area contributed by atoms with Crippen LogP contribution in [0.25, 0.3) is 20.2 Å². The quantitative estimate of drug-likeness (QED) is 0.538. The molecule has 0 nitrogen and oxygen atoms in total. The van der Waals surface area contributed by atoms with Gasteiger partial charge in [-0.15, -0.1) is 22.7 Å². The highest BCUT2D eigenvalue weighted by molar-refractivity contribution is 7.20. The fraction of sp³-hybridized carbons (Fsp3) is 0.231. The molecule has 2 aromatic heterocycles. The second kappa shape index (κ2) is 3.32.